The van der Waals surface area contributed by atoms with Crippen LogP contribution in [0.2, 0.25) is 0 Å². The Morgan fingerprint density at radius 2 is 1.74 bits per heavy atom. The van der Waals surface area contributed by atoms with E-state index >= 15 is 0 Å². The lowest BCUT2D eigenvalue weighted by atomic mass is 10.0. The zero-order chi connectivity index (χ0) is 31.4. The highest BCUT2D eigenvalue weighted by Gasteiger charge is 2.38. The van der Waals surface area contributed by atoms with Crippen molar-refractivity contribution in [3.63, 3.8) is 0 Å². The van der Waals surface area contributed by atoms with Crippen LogP contribution in [0.1, 0.15) is 25.3 Å². The number of carboxylic acids is 2. The Morgan fingerprint density at radius 3 is 2.33 bits per heavy atom. The summed E-state index contributed by atoms with van der Waals surface area (Å²) in [5.74, 6) is -4.97. The third-order valence-corrected chi connectivity index (χ3v) is 6.41. The van der Waals surface area contributed by atoms with Crippen molar-refractivity contribution in [2.45, 2.75) is 44.6 Å². The number of halogens is 3. The zero-order valence-electron chi connectivity index (χ0n) is 22.9. The third kappa shape index (κ3) is 10.6. The average molecular weight is 598 g/mol. The van der Waals surface area contributed by atoms with Crippen LogP contribution in [-0.2, 0) is 30.5 Å². The first-order chi connectivity index (χ1) is 19.7. The van der Waals surface area contributed by atoms with Crippen LogP contribution in [0.15, 0.2) is 42.5 Å². The van der Waals surface area contributed by atoms with Crippen molar-refractivity contribution in [2.75, 3.05) is 32.7 Å². The van der Waals surface area contributed by atoms with Crippen molar-refractivity contribution < 1.29 is 47.4 Å². The molecule has 2 aromatic carbocycles. The summed E-state index contributed by atoms with van der Waals surface area (Å²) < 4.78 is 31.7. The Morgan fingerprint density at radius 1 is 1.10 bits per heavy atom. The lowest BCUT2D eigenvalue weighted by molar-refractivity contribution is -0.192. The maximum atomic E-state index is 12.9. The lowest BCUT2D eigenvalue weighted by Gasteiger charge is -2.31. The van der Waals surface area contributed by atoms with Crippen LogP contribution in [0.3, 0.4) is 0 Å². The van der Waals surface area contributed by atoms with Crippen molar-refractivity contribution in [3.8, 4) is 0 Å². The summed E-state index contributed by atoms with van der Waals surface area (Å²) in [5.41, 5.74) is 6.62. The smallest absolute Gasteiger partial charge is 0.480 e. The summed E-state index contributed by atoms with van der Waals surface area (Å²) in [7, 11) is 0. The Balaban J connectivity index is 0.000000782. The van der Waals surface area contributed by atoms with Crippen LogP contribution in [0.4, 0.5) is 13.2 Å². The minimum absolute atomic E-state index is 0.0613. The summed E-state index contributed by atoms with van der Waals surface area (Å²) in [5, 5.41) is 23.6. The van der Waals surface area contributed by atoms with Gasteiger partial charge in [-0.05, 0) is 29.2 Å². The predicted molar refractivity (Wildman–Crippen MR) is 145 cm³/mol. The number of nitrogens with one attached hydrogen (secondary N) is 2. The summed E-state index contributed by atoms with van der Waals surface area (Å²) >= 11 is 0. The number of rotatable bonds is 11. The van der Waals surface area contributed by atoms with E-state index in [4.69, 9.17) is 15.6 Å². The molecule has 230 valence electrons. The molecule has 0 aliphatic carbocycles. The maximum Gasteiger partial charge on any atom is 0.490 e. The minimum Gasteiger partial charge on any atom is -0.480 e. The van der Waals surface area contributed by atoms with Gasteiger partial charge in [0.1, 0.15) is 6.04 Å². The first-order valence-corrected chi connectivity index (χ1v) is 13.0. The molecule has 0 bridgehead atoms. The molecule has 1 fully saturated rings. The van der Waals surface area contributed by atoms with Crippen LogP contribution < -0.4 is 16.4 Å². The van der Waals surface area contributed by atoms with Crippen LogP contribution >= 0.6 is 0 Å². The number of alkyl halides is 3. The molecule has 0 aromatic heterocycles. The molecule has 12 nitrogen and oxygen atoms in total. The van der Waals surface area contributed by atoms with Crippen molar-refractivity contribution in [3.05, 3.63) is 48.0 Å². The molecule has 0 unspecified atom stereocenters. The molecule has 1 heterocycles. The molecule has 1 aliphatic heterocycles. The SMILES string of the molecule is CC(=O)NC[C@H](NC(=O)CN(Cc1cccc2ccccc12)C[C@@H]1CCCN1C(=O)CN)C(=O)O.O=C(O)C(F)(F)F. The van der Waals surface area contributed by atoms with Crippen LogP contribution in [0.25, 0.3) is 10.8 Å². The van der Waals surface area contributed by atoms with Gasteiger partial charge >= 0.3 is 18.1 Å². The summed E-state index contributed by atoms with van der Waals surface area (Å²) in [6.07, 6.45) is -3.41. The predicted octanol–water partition coefficient (Wildman–Crippen LogP) is 0.930. The normalized spacial score (nSPS) is 15.5. The molecule has 3 amide bonds. The monoisotopic (exact) mass is 597 g/mol. The van der Waals surface area contributed by atoms with Gasteiger partial charge in [0.2, 0.25) is 17.7 Å². The topological polar surface area (TPSA) is 182 Å². The number of hydrogen-bond donors (Lipinski definition) is 5. The lowest BCUT2D eigenvalue weighted by Crippen LogP contribution is -2.52. The second-order valence-electron chi connectivity index (χ2n) is 9.59. The highest BCUT2D eigenvalue weighted by Crippen LogP contribution is 2.23. The molecule has 0 radical (unpaired) electrons. The fraction of sp³-hybridized carbons (Fsp3) is 0.444. The number of nitrogens with two attached hydrogens (primary N) is 1. The first-order valence-electron chi connectivity index (χ1n) is 13.0. The van der Waals surface area contributed by atoms with Gasteiger partial charge in [0.05, 0.1) is 13.1 Å². The number of benzene rings is 2. The van der Waals surface area contributed by atoms with E-state index in [-0.39, 0.29) is 37.5 Å². The van der Waals surface area contributed by atoms with Gasteiger partial charge in [0.25, 0.3) is 0 Å². The van der Waals surface area contributed by atoms with E-state index in [1.807, 2.05) is 47.4 Å². The van der Waals surface area contributed by atoms with E-state index in [9.17, 15) is 37.5 Å². The molecular formula is C27H34F3N5O7. The molecule has 2 atom stereocenters. The fourth-order valence-corrected chi connectivity index (χ4v) is 4.51. The molecular weight excluding hydrogens is 563 g/mol. The van der Waals surface area contributed by atoms with Crippen molar-refractivity contribution in [2.24, 2.45) is 5.73 Å². The fourth-order valence-electron chi connectivity index (χ4n) is 4.51. The number of aliphatic carboxylic acids is 2. The number of amides is 3. The van der Waals surface area contributed by atoms with Crippen molar-refractivity contribution >= 4 is 40.4 Å². The highest BCUT2D eigenvalue weighted by molar-refractivity contribution is 5.87. The van der Waals surface area contributed by atoms with Gasteiger partial charge in [-0.2, -0.15) is 13.2 Å². The second-order valence-corrected chi connectivity index (χ2v) is 9.59. The number of fused-ring (bicyclic) bond motifs is 1. The molecule has 15 heteroatoms. The summed E-state index contributed by atoms with van der Waals surface area (Å²) in [4.78, 5) is 60.5. The Labute approximate surface area is 239 Å². The number of carbonyl (C=O) groups excluding carboxylic acids is 3. The third-order valence-electron chi connectivity index (χ3n) is 6.41. The van der Waals surface area contributed by atoms with Crippen LogP contribution in [0, 0.1) is 0 Å². The van der Waals surface area contributed by atoms with Gasteiger partial charge < -0.3 is 31.5 Å². The largest absolute Gasteiger partial charge is 0.490 e. The molecule has 1 aliphatic rings. The molecule has 3 rings (SSSR count). The zero-order valence-corrected chi connectivity index (χ0v) is 22.9. The molecule has 6 N–H and O–H groups in total. The van der Waals surface area contributed by atoms with Gasteiger partial charge in [0.15, 0.2) is 0 Å². The molecule has 1 saturated heterocycles. The second kappa shape index (κ2) is 15.7. The molecule has 0 saturated carbocycles. The Kier molecular flexibility index (Phi) is 12.7. The van der Waals surface area contributed by atoms with E-state index in [1.165, 1.54) is 6.92 Å². The summed E-state index contributed by atoms with van der Waals surface area (Å²) in [6.45, 7) is 2.47. The number of hydrogen-bond acceptors (Lipinski definition) is 7. The van der Waals surface area contributed by atoms with Gasteiger partial charge in [-0.3, -0.25) is 19.3 Å². The first kappa shape index (κ1) is 34.0. The number of carboxylic acid groups (broad SMARTS) is 2. The maximum absolute atomic E-state index is 12.9. The van der Waals surface area contributed by atoms with Gasteiger partial charge in [-0.15, -0.1) is 0 Å². The summed E-state index contributed by atoms with van der Waals surface area (Å²) in [6, 6.07) is 12.6. The molecule has 0 spiro atoms. The molecule has 42 heavy (non-hydrogen) atoms. The molecule has 2 aromatic rings. The van der Waals surface area contributed by atoms with Gasteiger partial charge in [-0.25, -0.2) is 9.59 Å². The van der Waals surface area contributed by atoms with Crippen LogP contribution in [0.5, 0.6) is 0 Å². The quantitative estimate of drug-likeness (QED) is 0.252. The minimum atomic E-state index is -5.08. The standard InChI is InChI=1S/C25H33N5O5.C2HF3O2/c1-17(31)27-13-22(25(34)35)28-23(32)16-29(15-20-9-5-11-30(20)24(33)12-26)14-19-8-4-7-18-6-2-3-10-21(18)19;3-2(4,5)1(6)7/h2-4,6-8,10,20,22H,5,9,11-16,26H2,1H3,(H,27,31)(H,28,32)(H,34,35);(H,6,7)/t20-,22-;/m0./s1. The van der Waals surface area contributed by atoms with E-state index in [1.54, 1.807) is 4.90 Å². The number of likely N-dealkylation sites (tertiary alicyclic amines) is 1. The number of carbonyl (C=O) groups is 5. The van der Waals surface area contributed by atoms with Crippen molar-refractivity contribution in [1.82, 2.24) is 20.4 Å². The van der Waals surface area contributed by atoms with E-state index in [0.29, 0.717) is 19.6 Å². The highest BCUT2D eigenvalue weighted by atomic mass is 19.4. The van der Waals surface area contributed by atoms with Gasteiger partial charge in [0, 0.05) is 39.1 Å². The van der Waals surface area contributed by atoms with E-state index < -0.39 is 30.1 Å². The van der Waals surface area contributed by atoms with Crippen molar-refractivity contribution in [1.29, 1.82) is 0 Å². The Bertz CT molecular complexity index is 1270. The van der Waals surface area contributed by atoms with Crippen LogP contribution in [-0.4, -0.2) is 101 Å². The van der Waals surface area contributed by atoms with Gasteiger partial charge in [-0.1, -0.05) is 42.5 Å². The van der Waals surface area contributed by atoms with E-state index in [0.717, 1.165) is 29.2 Å². The van der Waals surface area contributed by atoms with E-state index in [2.05, 4.69) is 10.6 Å². The number of nitrogens with zero attached hydrogens (tertiary/aromatic N) is 2. The Hall–Kier alpha value is -4.24. The average Bonchev–Trinajstić information content (AvgIpc) is 3.38.